The Morgan fingerprint density at radius 3 is 2.79 bits per heavy atom. The van der Waals surface area contributed by atoms with Crippen LogP contribution in [0.1, 0.15) is 25.7 Å². The van der Waals surface area contributed by atoms with Crippen molar-refractivity contribution in [1.29, 1.82) is 0 Å². The number of nitrogens with one attached hydrogen (secondary N) is 1. The normalized spacial score (nSPS) is 17.4. The van der Waals surface area contributed by atoms with E-state index < -0.39 is 11.0 Å². The van der Waals surface area contributed by atoms with E-state index in [1.165, 1.54) is 6.07 Å². The van der Waals surface area contributed by atoms with E-state index in [1.54, 1.807) is 12.1 Å². The lowest BCUT2D eigenvalue weighted by Gasteiger charge is -2.18. The van der Waals surface area contributed by atoms with E-state index in [0.29, 0.717) is 23.2 Å². The maximum Gasteiger partial charge on any atom is 0.293 e. The first kappa shape index (κ1) is 14.1. The number of nitro groups is 1. The standard InChI is InChI=1S/C13H17ClN2O3/c14-10-5-6-11(12(7-10)16(18)19)15-8-13(17)9-3-1-2-4-9/h5-7,9,13,15,17H,1-4,8H2. The topological polar surface area (TPSA) is 75.4 Å². The minimum absolute atomic E-state index is 0.0638. The van der Waals surface area contributed by atoms with Crippen LogP contribution in [0.5, 0.6) is 0 Å². The van der Waals surface area contributed by atoms with Crippen LogP contribution >= 0.6 is 11.6 Å². The van der Waals surface area contributed by atoms with Gasteiger partial charge in [-0.3, -0.25) is 10.1 Å². The Balaban J connectivity index is 2.00. The number of benzene rings is 1. The second kappa shape index (κ2) is 6.21. The van der Waals surface area contributed by atoms with Gasteiger partial charge in [-0.15, -0.1) is 0 Å². The van der Waals surface area contributed by atoms with Crippen LogP contribution in [-0.4, -0.2) is 22.7 Å². The lowest BCUT2D eigenvalue weighted by Crippen LogP contribution is -2.26. The largest absolute Gasteiger partial charge is 0.391 e. The second-order valence-electron chi connectivity index (χ2n) is 4.91. The fraction of sp³-hybridized carbons (Fsp3) is 0.538. The average Bonchev–Trinajstić information content (AvgIpc) is 2.90. The molecule has 104 valence electrons. The van der Waals surface area contributed by atoms with Crippen LogP contribution in [-0.2, 0) is 0 Å². The number of nitrogens with zero attached hydrogens (tertiary/aromatic N) is 1. The van der Waals surface area contributed by atoms with Crippen molar-refractivity contribution in [2.45, 2.75) is 31.8 Å². The van der Waals surface area contributed by atoms with Crippen LogP contribution in [0.4, 0.5) is 11.4 Å². The molecule has 1 aliphatic rings. The highest BCUT2D eigenvalue weighted by Gasteiger charge is 2.23. The van der Waals surface area contributed by atoms with E-state index >= 15 is 0 Å². The lowest BCUT2D eigenvalue weighted by molar-refractivity contribution is -0.383. The van der Waals surface area contributed by atoms with Gasteiger partial charge < -0.3 is 10.4 Å². The van der Waals surface area contributed by atoms with Gasteiger partial charge in [0.1, 0.15) is 5.69 Å². The van der Waals surface area contributed by atoms with Crippen LogP contribution in [0.25, 0.3) is 0 Å². The second-order valence-corrected chi connectivity index (χ2v) is 5.35. The van der Waals surface area contributed by atoms with Gasteiger partial charge >= 0.3 is 0 Å². The molecule has 0 spiro atoms. The fourth-order valence-electron chi connectivity index (χ4n) is 2.53. The summed E-state index contributed by atoms with van der Waals surface area (Å²) in [5, 5.41) is 24.2. The molecule has 1 aliphatic carbocycles. The Morgan fingerprint density at radius 1 is 1.47 bits per heavy atom. The average molecular weight is 285 g/mol. The third-order valence-electron chi connectivity index (χ3n) is 3.60. The van der Waals surface area contributed by atoms with Crippen LogP contribution in [0.15, 0.2) is 18.2 Å². The minimum atomic E-state index is -0.476. The lowest BCUT2D eigenvalue weighted by atomic mass is 10.0. The third kappa shape index (κ3) is 3.58. The summed E-state index contributed by atoms with van der Waals surface area (Å²) in [4.78, 5) is 10.4. The maximum absolute atomic E-state index is 10.9. The molecule has 0 aliphatic heterocycles. The number of nitro benzene ring substituents is 1. The Kier molecular flexibility index (Phi) is 4.61. The number of anilines is 1. The Hall–Kier alpha value is -1.33. The van der Waals surface area contributed by atoms with Gasteiger partial charge in [-0.25, -0.2) is 0 Å². The summed E-state index contributed by atoms with van der Waals surface area (Å²) in [5.74, 6) is 0.304. The summed E-state index contributed by atoms with van der Waals surface area (Å²) in [5.41, 5.74) is 0.331. The smallest absolute Gasteiger partial charge is 0.293 e. The maximum atomic E-state index is 10.9. The van der Waals surface area contributed by atoms with E-state index in [9.17, 15) is 15.2 Å². The zero-order valence-electron chi connectivity index (χ0n) is 10.5. The van der Waals surface area contributed by atoms with Crippen LogP contribution in [0.3, 0.4) is 0 Å². The number of hydrogen-bond donors (Lipinski definition) is 2. The molecule has 0 aromatic heterocycles. The molecule has 5 nitrogen and oxygen atoms in total. The molecule has 1 unspecified atom stereocenters. The van der Waals surface area contributed by atoms with Crippen LogP contribution in [0.2, 0.25) is 5.02 Å². The van der Waals surface area contributed by atoms with Crippen LogP contribution < -0.4 is 5.32 Å². The molecule has 0 bridgehead atoms. The number of hydrogen-bond acceptors (Lipinski definition) is 4. The molecule has 1 fully saturated rings. The molecule has 0 saturated heterocycles. The van der Waals surface area contributed by atoms with Gasteiger partial charge in [-0.05, 0) is 30.9 Å². The monoisotopic (exact) mass is 284 g/mol. The summed E-state index contributed by atoms with van der Waals surface area (Å²) < 4.78 is 0. The van der Waals surface area contributed by atoms with Crippen molar-refractivity contribution in [2.75, 3.05) is 11.9 Å². The van der Waals surface area contributed by atoms with Gasteiger partial charge in [-0.2, -0.15) is 0 Å². The van der Waals surface area contributed by atoms with Crippen molar-refractivity contribution < 1.29 is 10.0 Å². The van der Waals surface area contributed by atoms with Crippen LogP contribution in [0, 0.1) is 16.0 Å². The number of rotatable bonds is 5. The molecule has 1 saturated carbocycles. The molecule has 2 rings (SSSR count). The van der Waals surface area contributed by atoms with E-state index in [2.05, 4.69) is 5.32 Å². The highest BCUT2D eigenvalue weighted by atomic mass is 35.5. The van der Waals surface area contributed by atoms with Gasteiger partial charge in [0.2, 0.25) is 0 Å². The first-order valence-corrected chi connectivity index (χ1v) is 6.81. The van der Waals surface area contributed by atoms with Crippen molar-refractivity contribution in [1.82, 2.24) is 0 Å². The van der Waals surface area contributed by atoms with E-state index in [0.717, 1.165) is 25.7 Å². The quantitative estimate of drug-likeness (QED) is 0.643. The number of aliphatic hydroxyl groups is 1. The molecule has 1 aromatic rings. The summed E-state index contributed by atoms with van der Waals surface area (Å²) in [7, 11) is 0. The van der Waals surface area contributed by atoms with Crippen molar-refractivity contribution >= 4 is 23.0 Å². The Bertz CT molecular complexity index is 461. The fourth-order valence-corrected chi connectivity index (χ4v) is 2.70. The zero-order chi connectivity index (χ0) is 13.8. The Morgan fingerprint density at radius 2 is 2.16 bits per heavy atom. The minimum Gasteiger partial charge on any atom is -0.391 e. The molecule has 19 heavy (non-hydrogen) atoms. The number of halogens is 1. The van der Waals surface area contributed by atoms with Gasteiger partial charge in [0, 0.05) is 17.6 Å². The zero-order valence-corrected chi connectivity index (χ0v) is 11.3. The summed E-state index contributed by atoms with van der Waals surface area (Å²) in [6, 6.07) is 4.48. The molecular weight excluding hydrogens is 268 g/mol. The molecule has 2 N–H and O–H groups in total. The van der Waals surface area contributed by atoms with Crippen molar-refractivity contribution in [3.05, 3.63) is 33.3 Å². The van der Waals surface area contributed by atoms with E-state index in [4.69, 9.17) is 11.6 Å². The van der Waals surface area contributed by atoms with E-state index in [-0.39, 0.29) is 5.69 Å². The first-order chi connectivity index (χ1) is 9.08. The number of aliphatic hydroxyl groups excluding tert-OH is 1. The van der Waals surface area contributed by atoms with Gasteiger partial charge in [0.25, 0.3) is 5.69 Å². The van der Waals surface area contributed by atoms with Gasteiger partial charge in [0.05, 0.1) is 11.0 Å². The molecule has 1 aromatic carbocycles. The highest BCUT2D eigenvalue weighted by molar-refractivity contribution is 6.30. The first-order valence-electron chi connectivity index (χ1n) is 6.44. The molecule has 0 heterocycles. The van der Waals surface area contributed by atoms with Crippen molar-refractivity contribution in [3.63, 3.8) is 0 Å². The molecule has 0 radical (unpaired) electrons. The summed E-state index contributed by atoms with van der Waals surface area (Å²) >= 11 is 5.75. The predicted octanol–water partition coefficient (Wildman–Crippen LogP) is 3.21. The molecule has 0 amide bonds. The summed E-state index contributed by atoms with van der Waals surface area (Å²) in [6.45, 7) is 0.327. The molecular formula is C13H17ClN2O3. The SMILES string of the molecule is O=[N+]([O-])c1cc(Cl)ccc1NCC(O)C1CCCC1. The Labute approximate surface area is 116 Å². The third-order valence-corrected chi connectivity index (χ3v) is 3.84. The van der Waals surface area contributed by atoms with E-state index in [1.807, 2.05) is 0 Å². The molecule has 1 atom stereocenters. The van der Waals surface area contributed by atoms with Gasteiger partial charge in [0.15, 0.2) is 0 Å². The summed E-state index contributed by atoms with van der Waals surface area (Å²) in [6.07, 6.45) is 3.92. The van der Waals surface area contributed by atoms with Gasteiger partial charge in [-0.1, -0.05) is 24.4 Å². The molecule has 6 heteroatoms. The van der Waals surface area contributed by atoms with Crippen molar-refractivity contribution in [3.8, 4) is 0 Å². The van der Waals surface area contributed by atoms with Crippen molar-refractivity contribution in [2.24, 2.45) is 5.92 Å². The highest BCUT2D eigenvalue weighted by Crippen LogP contribution is 2.30. The predicted molar refractivity (Wildman–Crippen MR) is 74.6 cm³/mol.